The van der Waals surface area contributed by atoms with Gasteiger partial charge < -0.3 is 14.8 Å². The van der Waals surface area contributed by atoms with Gasteiger partial charge in [0.15, 0.2) is 0 Å². The number of methoxy groups -OCH3 is 1. The largest absolute Gasteiger partial charge is 0.488 e. The van der Waals surface area contributed by atoms with E-state index in [1.807, 2.05) is 0 Å². The quantitative estimate of drug-likeness (QED) is 0.776. The van der Waals surface area contributed by atoms with Gasteiger partial charge in [-0.1, -0.05) is 12.1 Å². The van der Waals surface area contributed by atoms with Gasteiger partial charge in [-0.05, 0) is 36.8 Å². The minimum Gasteiger partial charge on any atom is -0.488 e. The number of hydrogen-bond acceptors (Lipinski definition) is 4. The van der Waals surface area contributed by atoms with Crippen molar-refractivity contribution in [3.8, 4) is 5.75 Å². The summed E-state index contributed by atoms with van der Waals surface area (Å²) in [7, 11) is 2.97. The zero-order valence-corrected chi connectivity index (χ0v) is 14.2. The predicted octanol–water partition coefficient (Wildman–Crippen LogP) is 4.48. The Hall–Kier alpha value is -2.70. The third-order valence-electron chi connectivity index (χ3n) is 3.26. The molecular weight excluding hydrogens is 335 g/mol. The molecule has 1 N–H and O–H groups in total. The van der Waals surface area contributed by atoms with E-state index in [1.54, 1.807) is 32.2 Å². The van der Waals surface area contributed by atoms with Gasteiger partial charge in [-0.15, -0.1) is 0 Å². The lowest BCUT2D eigenvalue weighted by molar-refractivity contribution is -0.126. The van der Waals surface area contributed by atoms with E-state index in [2.05, 4.69) is 10.1 Å². The molecule has 0 amide bonds. The third-order valence-corrected chi connectivity index (χ3v) is 3.26. The smallest absolute Gasteiger partial charge is 0.292 e. The van der Waals surface area contributed by atoms with Crippen molar-refractivity contribution in [2.75, 3.05) is 19.5 Å². The van der Waals surface area contributed by atoms with Crippen molar-refractivity contribution in [2.45, 2.75) is 20.0 Å². The van der Waals surface area contributed by atoms with Crippen molar-refractivity contribution in [3.05, 3.63) is 58.9 Å². The van der Waals surface area contributed by atoms with E-state index >= 15 is 0 Å². The van der Waals surface area contributed by atoms with E-state index in [0.29, 0.717) is 17.7 Å². The molecule has 4 nitrogen and oxygen atoms in total. The van der Waals surface area contributed by atoms with Gasteiger partial charge >= 0.3 is 0 Å². The van der Waals surface area contributed by atoms with Gasteiger partial charge in [0, 0.05) is 18.3 Å². The number of carbonyl (C=O) groups is 1. The minimum absolute atomic E-state index is 0.0790. The summed E-state index contributed by atoms with van der Waals surface area (Å²) < 4.78 is 49.0. The van der Waals surface area contributed by atoms with Crippen LogP contribution in [0.5, 0.6) is 5.75 Å². The number of ether oxygens (including phenoxy) is 2. The fourth-order valence-electron chi connectivity index (χ4n) is 2.04. The normalized spacial score (nSPS) is 9.88. The van der Waals surface area contributed by atoms with Crippen LogP contribution in [0.3, 0.4) is 0 Å². The van der Waals surface area contributed by atoms with Gasteiger partial charge in [-0.3, -0.25) is 4.79 Å². The SMILES string of the molecule is CNc1cccc(F)c1COc1cc(C)ccc1C(F)F.COC=O. The summed E-state index contributed by atoms with van der Waals surface area (Å²) in [5.41, 5.74) is 1.49. The summed E-state index contributed by atoms with van der Waals surface area (Å²) in [4.78, 5) is 8.95. The number of nitrogens with one attached hydrogen (secondary N) is 1. The summed E-state index contributed by atoms with van der Waals surface area (Å²) in [6.45, 7) is 2.04. The molecule has 0 saturated carbocycles. The highest BCUT2D eigenvalue weighted by Gasteiger charge is 2.15. The lowest BCUT2D eigenvalue weighted by Crippen LogP contribution is -2.05. The number of rotatable bonds is 6. The van der Waals surface area contributed by atoms with Crippen LogP contribution in [-0.4, -0.2) is 20.6 Å². The van der Waals surface area contributed by atoms with Crippen LogP contribution < -0.4 is 10.1 Å². The molecule has 0 radical (unpaired) electrons. The van der Waals surface area contributed by atoms with Crippen molar-refractivity contribution in [2.24, 2.45) is 0 Å². The first-order valence-corrected chi connectivity index (χ1v) is 7.37. The Balaban J connectivity index is 0.000000705. The van der Waals surface area contributed by atoms with Gasteiger partial charge in [0.25, 0.3) is 12.9 Å². The Morgan fingerprint density at radius 3 is 2.48 bits per heavy atom. The predicted molar refractivity (Wildman–Crippen MR) is 89.5 cm³/mol. The van der Waals surface area contributed by atoms with Crippen molar-refractivity contribution >= 4 is 12.2 Å². The van der Waals surface area contributed by atoms with E-state index in [-0.39, 0.29) is 17.9 Å². The number of anilines is 1. The molecule has 2 aromatic rings. The first-order valence-electron chi connectivity index (χ1n) is 7.37. The minimum atomic E-state index is -2.63. The summed E-state index contributed by atoms with van der Waals surface area (Å²) in [5, 5.41) is 2.85. The molecule has 0 fully saturated rings. The number of carbonyl (C=O) groups excluding carboxylic acids is 1. The molecule has 0 heterocycles. The average molecular weight is 355 g/mol. The fourth-order valence-corrected chi connectivity index (χ4v) is 2.04. The fraction of sp³-hybridized carbons (Fsp3) is 0.278. The molecule has 0 bridgehead atoms. The summed E-state index contributed by atoms with van der Waals surface area (Å²) in [5.74, 6) is -0.358. The Morgan fingerprint density at radius 2 is 1.92 bits per heavy atom. The van der Waals surface area contributed by atoms with Gasteiger partial charge in [0.05, 0.1) is 12.7 Å². The van der Waals surface area contributed by atoms with Crippen LogP contribution in [0.4, 0.5) is 18.9 Å². The molecule has 2 rings (SSSR count). The van der Waals surface area contributed by atoms with Crippen molar-refractivity contribution in [1.82, 2.24) is 0 Å². The second kappa shape index (κ2) is 10.2. The Bertz CT molecular complexity index is 693. The third kappa shape index (κ3) is 6.02. The zero-order chi connectivity index (χ0) is 18.8. The maximum absolute atomic E-state index is 13.8. The van der Waals surface area contributed by atoms with Crippen LogP contribution in [0.25, 0.3) is 0 Å². The average Bonchev–Trinajstić information content (AvgIpc) is 2.60. The van der Waals surface area contributed by atoms with Gasteiger partial charge in [0.2, 0.25) is 0 Å². The topological polar surface area (TPSA) is 47.6 Å². The Kier molecular flexibility index (Phi) is 8.32. The molecule has 0 spiro atoms. The summed E-state index contributed by atoms with van der Waals surface area (Å²) in [6.07, 6.45) is -2.63. The molecule has 0 aliphatic carbocycles. The van der Waals surface area contributed by atoms with Crippen LogP contribution in [0, 0.1) is 12.7 Å². The maximum Gasteiger partial charge on any atom is 0.292 e. The van der Waals surface area contributed by atoms with Gasteiger partial charge in [0.1, 0.15) is 18.2 Å². The highest BCUT2D eigenvalue weighted by molar-refractivity contribution is 5.51. The van der Waals surface area contributed by atoms with E-state index in [9.17, 15) is 13.2 Å². The van der Waals surface area contributed by atoms with Gasteiger partial charge in [-0.25, -0.2) is 13.2 Å². The highest BCUT2D eigenvalue weighted by atomic mass is 19.3. The van der Waals surface area contributed by atoms with E-state index < -0.39 is 12.2 Å². The Morgan fingerprint density at radius 1 is 1.24 bits per heavy atom. The molecular formula is C18H20F3NO3. The van der Waals surface area contributed by atoms with Crippen LogP contribution in [0.15, 0.2) is 36.4 Å². The second-order valence-electron chi connectivity index (χ2n) is 4.98. The van der Waals surface area contributed by atoms with E-state index in [4.69, 9.17) is 9.53 Å². The van der Waals surface area contributed by atoms with Crippen molar-refractivity contribution in [3.63, 3.8) is 0 Å². The van der Waals surface area contributed by atoms with Crippen LogP contribution in [0.1, 0.15) is 23.1 Å². The molecule has 136 valence electrons. The molecule has 0 aliphatic heterocycles. The lowest BCUT2D eigenvalue weighted by atomic mass is 10.1. The molecule has 25 heavy (non-hydrogen) atoms. The van der Waals surface area contributed by atoms with Crippen molar-refractivity contribution in [1.29, 1.82) is 0 Å². The Labute approximate surface area is 144 Å². The van der Waals surface area contributed by atoms with Crippen LogP contribution in [-0.2, 0) is 16.1 Å². The molecule has 0 saturated heterocycles. The van der Waals surface area contributed by atoms with E-state index in [1.165, 1.54) is 25.3 Å². The summed E-state index contributed by atoms with van der Waals surface area (Å²) in [6, 6.07) is 9.03. The number of hydrogen-bond donors (Lipinski definition) is 1. The first-order chi connectivity index (χ1) is 11.9. The summed E-state index contributed by atoms with van der Waals surface area (Å²) >= 11 is 0. The molecule has 2 aromatic carbocycles. The number of alkyl halides is 2. The monoisotopic (exact) mass is 355 g/mol. The molecule has 0 unspecified atom stereocenters. The standard InChI is InChI=1S/C16H16F3NO.C2H4O2/c1-10-6-7-11(16(18)19)15(8-10)21-9-12-13(17)4-3-5-14(12)20-2;1-4-2-3/h3-8,16,20H,9H2,1-2H3;2H,1H3. The van der Waals surface area contributed by atoms with Crippen LogP contribution >= 0.6 is 0 Å². The maximum atomic E-state index is 13.8. The number of benzene rings is 2. The molecule has 0 aromatic heterocycles. The van der Waals surface area contributed by atoms with Crippen LogP contribution in [0.2, 0.25) is 0 Å². The van der Waals surface area contributed by atoms with Crippen molar-refractivity contribution < 1.29 is 27.4 Å². The second-order valence-corrected chi connectivity index (χ2v) is 4.98. The lowest BCUT2D eigenvalue weighted by Gasteiger charge is -2.14. The molecule has 7 heteroatoms. The highest BCUT2D eigenvalue weighted by Crippen LogP contribution is 2.31. The number of halogens is 3. The number of aryl methyl sites for hydroxylation is 1. The molecule has 0 aliphatic rings. The van der Waals surface area contributed by atoms with E-state index in [0.717, 1.165) is 5.56 Å². The first kappa shape index (κ1) is 20.3. The van der Waals surface area contributed by atoms with Gasteiger partial charge in [-0.2, -0.15) is 0 Å². The zero-order valence-electron chi connectivity index (χ0n) is 14.2. The molecule has 0 atom stereocenters.